The number of hydrogen-bond donors (Lipinski definition) is 1. The average Bonchev–Trinajstić information content (AvgIpc) is 3.29. The molecule has 0 aliphatic rings. The summed E-state index contributed by atoms with van der Waals surface area (Å²) in [5.41, 5.74) is 1.65. The van der Waals surface area contributed by atoms with Crippen LogP contribution < -0.4 is 5.32 Å². The number of carbonyl (C=O) groups excluding carboxylic acids is 2. The molecule has 1 aromatic carbocycles. The molecule has 2 amide bonds. The molecular formula is C18H16BrN3O3S. The van der Waals surface area contributed by atoms with Gasteiger partial charge in [-0.25, -0.2) is 4.98 Å². The second kappa shape index (κ2) is 8.29. The molecule has 26 heavy (non-hydrogen) atoms. The SMILES string of the molecule is CN(Cc1ccccc1Br)C(=O)Cc1csc(NC(=O)c2ccco2)n1. The summed E-state index contributed by atoms with van der Waals surface area (Å²) in [6.45, 7) is 0.506. The first kappa shape index (κ1) is 18.3. The van der Waals surface area contributed by atoms with E-state index >= 15 is 0 Å². The molecule has 0 bridgehead atoms. The number of nitrogens with zero attached hydrogens (tertiary/aromatic N) is 2. The average molecular weight is 434 g/mol. The van der Waals surface area contributed by atoms with E-state index in [9.17, 15) is 9.59 Å². The minimum atomic E-state index is -0.367. The van der Waals surface area contributed by atoms with E-state index in [1.165, 1.54) is 17.6 Å². The molecule has 0 aliphatic carbocycles. The summed E-state index contributed by atoms with van der Waals surface area (Å²) in [6, 6.07) is 11.0. The number of thiazole rings is 1. The van der Waals surface area contributed by atoms with Crippen molar-refractivity contribution in [1.82, 2.24) is 9.88 Å². The molecule has 8 heteroatoms. The first-order chi connectivity index (χ1) is 12.5. The van der Waals surface area contributed by atoms with Gasteiger partial charge in [0, 0.05) is 23.4 Å². The van der Waals surface area contributed by atoms with Gasteiger partial charge in [-0.2, -0.15) is 0 Å². The molecule has 2 heterocycles. The van der Waals surface area contributed by atoms with Gasteiger partial charge < -0.3 is 9.32 Å². The maximum Gasteiger partial charge on any atom is 0.293 e. The van der Waals surface area contributed by atoms with E-state index in [-0.39, 0.29) is 24.0 Å². The van der Waals surface area contributed by atoms with E-state index in [1.54, 1.807) is 29.5 Å². The largest absolute Gasteiger partial charge is 0.459 e. The van der Waals surface area contributed by atoms with Crippen LogP contribution in [0.2, 0.25) is 0 Å². The van der Waals surface area contributed by atoms with Crippen molar-refractivity contribution in [2.75, 3.05) is 12.4 Å². The summed E-state index contributed by atoms with van der Waals surface area (Å²) < 4.78 is 6.01. The van der Waals surface area contributed by atoms with Crippen molar-refractivity contribution in [2.45, 2.75) is 13.0 Å². The van der Waals surface area contributed by atoms with Crippen LogP contribution in [0, 0.1) is 0 Å². The standard InChI is InChI=1S/C18H16BrN3O3S/c1-22(10-12-5-2-3-6-14(12)19)16(23)9-13-11-26-18(20-13)21-17(24)15-7-4-8-25-15/h2-8,11H,9-10H2,1H3,(H,20,21,24). The first-order valence-electron chi connectivity index (χ1n) is 7.79. The molecule has 6 nitrogen and oxygen atoms in total. The Labute approximate surface area is 163 Å². The fraction of sp³-hybridized carbons (Fsp3) is 0.167. The van der Waals surface area contributed by atoms with Crippen molar-refractivity contribution in [3.05, 3.63) is 69.5 Å². The number of furan rings is 1. The zero-order valence-corrected chi connectivity index (χ0v) is 16.3. The van der Waals surface area contributed by atoms with Crippen molar-refractivity contribution < 1.29 is 14.0 Å². The van der Waals surface area contributed by atoms with Crippen LogP contribution in [0.25, 0.3) is 0 Å². The number of likely N-dealkylation sites (N-methyl/N-ethyl adjacent to an activating group) is 1. The lowest BCUT2D eigenvalue weighted by atomic mass is 10.2. The van der Waals surface area contributed by atoms with Gasteiger partial charge in [0.1, 0.15) is 0 Å². The Morgan fingerprint density at radius 2 is 2.08 bits per heavy atom. The van der Waals surface area contributed by atoms with Gasteiger partial charge in [0.05, 0.1) is 18.4 Å². The van der Waals surface area contributed by atoms with Crippen molar-refractivity contribution in [2.24, 2.45) is 0 Å². The van der Waals surface area contributed by atoms with Crippen LogP contribution >= 0.6 is 27.3 Å². The summed E-state index contributed by atoms with van der Waals surface area (Å²) in [6.07, 6.45) is 1.61. The van der Waals surface area contributed by atoms with Crippen molar-refractivity contribution in [3.8, 4) is 0 Å². The van der Waals surface area contributed by atoms with Gasteiger partial charge in [-0.1, -0.05) is 34.1 Å². The summed E-state index contributed by atoms with van der Waals surface area (Å²) in [5.74, 6) is -0.200. The van der Waals surface area contributed by atoms with E-state index in [0.717, 1.165) is 10.0 Å². The van der Waals surface area contributed by atoms with E-state index in [1.807, 2.05) is 24.3 Å². The fourth-order valence-corrected chi connectivity index (χ4v) is 3.39. The Balaban J connectivity index is 1.57. The van der Waals surface area contributed by atoms with Crippen LogP contribution in [0.1, 0.15) is 21.8 Å². The lowest BCUT2D eigenvalue weighted by Gasteiger charge is -2.17. The number of aromatic nitrogens is 1. The van der Waals surface area contributed by atoms with Gasteiger partial charge in [-0.3, -0.25) is 14.9 Å². The number of anilines is 1. The maximum atomic E-state index is 12.4. The van der Waals surface area contributed by atoms with Gasteiger partial charge >= 0.3 is 0 Å². The summed E-state index contributed by atoms with van der Waals surface area (Å²) in [7, 11) is 1.76. The van der Waals surface area contributed by atoms with Crippen LogP contribution in [0.15, 0.2) is 56.9 Å². The number of benzene rings is 1. The summed E-state index contributed by atoms with van der Waals surface area (Å²) in [4.78, 5) is 30.3. The third-order valence-electron chi connectivity index (χ3n) is 3.64. The molecule has 3 rings (SSSR count). The molecule has 2 aromatic heterocycles. The van der Waals surface area contributed by atoms with Crippen molar-refractivity contribution >= 4 is 44.2 Å². The van der Waals surface area contributed by atoms with Gasteiger partial charge in [0.25, 0.3) is 5.91 Å². The molecule has 134 valence electrons. The van der Waals surface area contributed by atoms with Crippen LogP contribution in [-0.4, -0.2) is 28.7 Å². The molecule has 3 aromatic rings. The topological polar surface area (TPSA) is 75.4 Å². The molecule has 0 radical (unpaired) electrons. The van der Waals surface area contributed by atoms with E-state index in [4.69, 9.17) is 4.42 Å². The molecule has 0 saturated carbocycles. The van der Waals surface area contributed by atoms with Gasteiger partial charge in [0.2, 0.25) is 5.91 Å². The molecular weight excluding hydrogens is 418 g/mol. The lowest BCUT2D eigenvalue weighted by molar-refractivity contribution is -0.129. The number of amides is 2. The molecule has 0 spiro atoms. The zero-order chi connectivity index (χ0) is 18.5. The van der Waals surface area contributed by atoms with Crippen LogP contribution in [-0.2, 0) is 17.8 Å². The molecule has 1 N–H and O–H groups in total. The Hall–Kier alpha value is -2.45. The first-order valence-corrected chi connectivity index (χ1v) is 9.47. The van der Waals surface area contributed by atoms with Crippen LogP contribution in [0.3, 0.4) is 0 Å². The smallest absolute Gasteiger partial charge is 0.293 e. The van der Waals surface area contributed by atoms with Crippen LogP contribution in [0.5, 0.6) is 0 Å². The second-order valence-corrected chi connectivity index (χ2v) is 7.31. The summed E-state index contributed by atoms with van der Waals surface area (Å²) >= 11 is 4.76. The number of carbonyl (C=O) groups is 2. The highest BCUT2D eigenvalue weighted by atomic mass is 79.9. The summed E-state index contributed by atoms with van der Waals surface area (Å²) in [5, 5.41) is 4.86. The number of hydrogen-bond acceptors (Lipinski definition) is 5. The van der Waals surface area contributed by atoms with Crippen LogP contribution in [0.4, 0.5) is 5.13 Å². The Kier molecular flexibility index (Phi) is 5.85. The lowest BCUT2D eigenvalue weighted by Crippen LogP contribution is -2.28. The fourth-order valence-electron chi connectivity index (χ4n) is 2.27. The number of rotatable bonds is 6. The predicted molar refractivity (Wildman–Crippen MR) is 103 cm³/mol. The van der Waals surface area contributed by atoms with E-state index in [2.05, 4.69) is 26.2 Å². The quantitative estimate of drug-likeness (QED) is 0.638. The number of halogens is 1. The minimum absolute atomic E-state index is 0.0463. The molecule has 0 saturated heterocycles. The monoisotopic (exact) mass is 433 g/mol. The molecule has 0 aliphatic heterocycles. The molecule has 0 unspecified atom stereocenters. The van der Waals surface area contributed by atoms with Gasteiger partial charge in [0.15, 0.2) is 10.9 Å². The predicted octanol–water partition coefficient (Wildman–Crippen LogP) is 3.95. The Bertz CT molecular complexity index is 908. The normalized spacial score (nSPS) is 10.5. The molecule has 0 atom stereocenters. The highest BCUT2D eigenvalue weighted by Crippen LogP contribution is 2.19. The Morgan fingerprint density at radius 1 is 1.27 bits per heavy atom. The third kappa shape index (κ3) is 4.59. The van der Waals surface area contributed by atoms with E-state index in [0.29, 0.717) is 17.4 Å². The van der Waals surface area contributed by atoms with Gasteiger partial charge in [-0.15, -0.1) is 11.3 Å². The highest BCUT2D eigenvalue weighted by Gasteiger charge is 2.15. The zero-order valence-electron chi connectivity index (χ0n) is 13.9. The highest BCUT2D eigenvalue weighted by molar-refractivity contribution is 9.10. The third-order valence-corrected chi connectivity index (χ3v) is 5.22. The van der Waals surface area contributed by atoms with Crippen molar-refractivity contribution in [3.63, 3.8) is 0 Å². The number of nitrogens with one attached hydrogen (secondary N) is 1. The maximum absolute atomic E-state index is 12.4. The van der Waals surface area contributed by atoms with Crippen molar-refractivity contribution in [1.29, 1.82) is 0 Å². The second-order valence-electron chi connectivity index (χ2n) is 5.59. The Morgan fingerprint density at radius 3 is 2.81 bits per heavy atom. The molecule has 0 fully saturated rings. The minimum Gasteiger partial charge on any atom is -0.459 e. The van der Waals surface area contributed by atoms with E-state index < -0.39 is 0 Å². The van der Waals surface area contributed by atoms with Gasteiger partial charge in [-0.05, 0) is 23.8 Å².